The second-order valence-corrected chi connectivity index (χ2v) is 3.14. The topological polar surface area (TPSA) is 55.5 Å². The molecule has 72 valence electrons. The van der Waals surface area contributed by atoms with Gasteiger partial charge in [0.25, 0.3) is 0 Å². The summed E-state index contributed by atoms with van der Waals surface area (Å²) in [6, 6.07) is 0. The molecule has 3 nitrogen and oxygen atoms in total. The highest BCUT2D eigenvalue weighted by atomic mass is 16.5. The molecular formula is C9H19NO2. The number of hydrogen-bond donors (Lipinski definition) is 2. The minimum Gasteiger partial charge on any atom is -0.383 e. The van der Waals surface area contributed by atoms with Crippen molar-refractivity contribution in [2.24, 2.45) is 5.73 Å². The van der Waals surface area contributed by atoms with Crippen LogP contribution in [0, 0.1) is 0 Å². The Morgan fingerprint density at radius 2 is 2.25 bits per heavy atom. The van der Waals surface area contributed by atoms with E-state index in [1.54, 1.807) is 14.0 Å². The molecule has 0 amide bonds. The zero-order valence-corrected chi connectivity index (χ0v) is 7.97. The van der Waals surface area contributed by atoms with Gasteiger partial charge in [-0.3, -0.25) is 0 Å². The molecule has 0 aliphatic heterocycles. The Labute approximate surface area is 74.2 Å². The normalized spacial score (nSPS) is 15.7. The summed E-state index contributed by atoms with van der Waals surface area (Å²) in [4.78, 5) is 0. The Hall–Kier alpha value is -0.380. The van der Waals surface area contributed by atoms with Gasteiger partial charge in [0.15, 0.2) is 0 Å². The van der Waals surface area contributed by atoms with Gasteiger partial charge in [0, 0.05) is 7.11 Å². The van der Waals surface area contributed by atoms with Gasteiger partial charge in [-0.2, -0.15) is 0 Å². The quantitative estimate of drug-likeness (QED) is 0.581. The van der Waals surface area contributed by atoms with Gasteiger partial charge in [-0.15, -0.1) is 0 Å². The van der Waals surface area contributed by atoms with Crippen LogP contribution in [0.5, 0.6) is 0 Å². The van der Waals surface area contributed by atoms with E-state index in [4.69, 9.17) is 10.5 Å². The minimum atomic E-state index is -0.895. The standard InChI is InChI=1S/C9H19NO2/c1-8(2)9(11,7-12-3)5-4-6-10/h11H,1,4-7,10H2,2-3H3. The highest BCUT2D eigenvalue weighted by Gasteiger charge is 2.26. The van der Waals surface area contributed by atoms with Crippen LogP contribution in [0.25, 0.3) is 0 Å². The van der Waals surface area contributed by atoms with Crippen molar-refractivity contribution >= 4 is 0 Å². The maximum absolute atomic E-state index is 9.94. The summed E-state index contributed by atoms with van der Waals surface area (Å²) in [6.45, 7) is 6.41. The average Bonchev–Trinajstić information content (AvgIpc) is 2.01. The first-order valence-electron chi connectivity index (χ1n) is 4.14. The van der Waals surface area contributed by atoms with E-state index in [0.717, 1.165) is 12.0 Å². The molecule has 0 aromatic rings. The third-order valence-corrected chi connectivity index (χ3v) is 1.97. The lowest BCUT2D eigenvalue weighted by molar-refractivity contribution is -0.00917. The van der Waals surface area contributed by atoms with Crippen LogP contribution in [0.4, 0.5) is 0 Å². The van der Waals surface area contributed by atoms with E-state index in [2.05, 4.69) is 6.58 Å². The van der Waals surface area contributed by atoms with E-state index in [9.17, 15) is 5.11 Å². The number of methoxy groups -OCH3 is 1. The van der Waals surface area contributed by atoms with Crippen LogP contribution in [-0.4, -0.2) is 31.0 Å². The molecule has 0 aromatic carbocycles. The fourth-order valence-electron chi connectivity index (χ4n) is 1.04. The molecule has 3 heteroatoms. The second kappa shape index (κ2) is 5.30. The monoisotopic (exact) mass is 173 g/mol. The molecule has 1 unspecified atom stereocenters. The fraction of sp³-hybridized carbons (Fsp3) is 0.778. The van der Waals surface area contributed by atoms with E-state index in [1.807, 2.05) is 0 Å². The number of ether oxygens (including phenoxy) is 1. The zero-order valence-electron chi connectivity index (χ0n) is 7.97. The summed E-state index contributed by atoms with van der Waals surface area (Å²) in [5.74, 6) is 0. The molecule has 0 spiro atoms. The van der Waals surface area contributed by atoms with Crippen LogP contribution < -0.4 is 5.73 Å². The van der Waals surface area contributed by atoms with Crippen LogP contribution in [0.3, 0.4) is 0 Å². The van der Waals surface area contributed by atoms with Crippen molar-refractivity contribution in [1.82, 2.24) is 0 Å². The molecule has 0 heterocycles. The van der Waals surface area contributed by atoms with Crippen molar-refractivity contribution < 1.29 is 9.84 Å². The molecule has 0 rings (SSSR count). The lowest BCUT2D eigenvalue weighted by atomic mass is 9.92. The van der Waals surface area contributed by atoms with Gasteiger partial charge in [-0.25, -0.2) is 0 Å². The second-order valence-electron chi connectivity index (χ2n) is 3.14. The van der Waals surface area contributed by atoms with Crippen molar-refractivity contribution in [2.75, 3.05) is 20.3 Å². The molecule has 0 saturated carbocycles. The Balaban J connectivity index is 4.08. The van der Waals surface area contributed by atoms with E-state index < -0.39 is 5.60 Å². The van der Waals surface area contributed by atoms with Gasteiger partial charge in [0.1, 0.15) is 5.60 Å². The van der Waals surface area contributed by atoms with Gasteiger partial charge in [-0.1, -0.05) is 6.58 Å². The predicted molar refractivity (Wildman–Crippen MR) is 49.9 cm³/mol. The van der Waals surface area contributed by atoms with Gasteiger partial charge >= 0.3 is 0 Å². The molecule has 0 aliphatic rings. The molecule has 0 aliphatic carbocycles. The van der Waals surface area contributed by atoms with Gasteiger partial charge in [0.05, 0.1) is 6.61 Å². The lowest BCUT2D eigenvalue weighted by Gasteiger charge is -2.27. The SMILES string of the molecule is C=C(C)C(O)(CCCN)COC. The maximum atomic E-state index is 9.94. The predicted octanol–water partition coefficient (Wildman–Crippen LogP) is 0.679. The van der Waals surface area contributed by atoms with E-state index in [0.29, 0.717) is 19.6 Å². The summed E-state index contributed by atoms with van der Waals surface area (Å²) in [5.41, 5.74) is 5.19. The third kappa shape index (κ3) is 3.34. The van der Waals surface area contributed by atoms with Gasteiger partial charge < -0.3 is 15.6 Å². The largest absolute Gasteiger partial charge is 0.383 e. The van der Waals surface area contributed by atoms with Gasteiger partial charge in [0.2, 0.25) is 0 Å². The van der Waals surface area contributed by atoms with Crippen LogP contribution >= 0.6 is 0 Å². The van der Waals surface area contributed by atoms with Crippen molar-refractivity contribution in [3.8, 4) is 0 Å². The molecular weight excluding hydrogens is 154 g/mol. The minimum absolute atomic E-state index is 0.294. The third-order valence-electron chi connectivity index (χ3n) is 1.97. The lowest BCUT2D eigenvalue weighted by Crippen LogP contribution is -2.35. The number of rotatable bonds is 6. The molecule has 0 fully saturated rings. The number of nitrogens with two attached hydrogens (primary N) is 1. The molecule has 12 heavy (non-hydrogen) atoms. The number of hydrogen-bond acceptors (Lipinski definition) is 3. The van der Waals surface area contributed by atoms with Crippen LogP contribution in [0.2, 0.25) is 0 Å². The van der Waals surface area contributed by atoms with Crippen molar-refractivity contribution in [2.45, 2.75) is 25.4 Å². The molecule has 1 atom stereocenters. The summed E-state index contributed by atoms with van der Waals surface area (Å²) in [6.07, 6.45) is 1.40. The van der Waals surface area contributed by atoms with Crippen LogP contribution in [0.15, 0.2) is 12.2 Å². The van der Waals surface area contributed by atoms with E-state index in [1.165, 1.54) is 0 Å². The molecule has 0 saturated heterocycles. The first-order chi connectivity index (χ1) is 5.56. The highest BCUT2D eigenvalue weighted by molar-refractivity contribution is 5.09. The van der Waals surface area contributed by atoms with E-state index in [-0.39, 0.29) is 0 Å². The summed E-state index contributed by atoms with van der Waals surface area (Å²) < 4.78 is 4.91. The van der Waals surface area contributed by atoms with Crippen molar-refractivity contribution in [1.29, 1.82) is 0 Å². The molecule has 0 bridgehead atoms. The maximum Gasteiger partial charge on any atom is 0.108 e. The molecule has 3 N–H and O–H groups in total. The summed E-state index contributed by atoms with van der Waals surface area (Å²) >= 11 is 0. The summed E-state index contributed by atoms with van der Waals surface area (Å²) in [7, 11) is 1.57. The van der Waals surface area contributed by atoms with Crippen molar-refractivity contribution in [3.63, 3.8) is 0 Å². The van der Waals surface area contributed by atoms with Crippen molar-refractivity contribution in [3.05, 3.63) is 12.2 Å². The van der Waals surface area contributed by atoms with E-state index >= 15 is 0 Å². The Kier molecular flexibility index (Phi) is 5.13. The Morgan fingerprint density at radius 3 is 2.58 bits per heavy atom. The summed E-state index contributed by atoms with van der Waals surface area (Å²) in [5, 5.41) is 9.94. The first kappa shape index (κ1) is 11.6. The Bertz CT molecular complexity index is 147. The molecule has 0 radical (unpaired) electrons. The first-order valence-corrected chi connectivity index (χ1v) is 4.14. The number of aliphatic hydroxyl groups is 1. The van der Waals surface area contributed by atoms with Crippen LogP contribution in [-0.2, 0) is 4.74 Å². The molecule has 0 aromatic heterocycles. The van der Waals surface area contributed by atoms with Gasteiger partial charge in [-0.05, 0) is 31.9 Å². The average molecular weight is 173 g/mol. The fourth-order valence-corrected chi connectivity index (χ4v) is 1.04. The smallest absolute Gasteiger partial charge is 0.108 e. The van der Waals surface area contributed by atoms with Crippen LogP contribution in [0.1, 0.15) is 19.8 Å². The Morgan fingerprint density at radius 1 is 1.67 bits per heavy atom. The highest BCUT2D eigenvalue weighted by Crippen LogP contribution is 2.20. The zero-order chi connectivity index (χ0) is 9.61.